The number of fused-ring (bicyclic) bond motifs is 1. The van der Waals surface area contributed by atoms with Crippen LogP contribution in [0.1, 0.15) is 55.6 Å². The molecule has 35 heavy (non-hydrogen) atoms. The average molecular weight is 482 g/mol. The van der Waals surface area contributed by atoms with Gasteiger partial charge in [0, 0.05) is 37.3 Å². The number of aliphatic hydroxyl groups excluding tert-OH is 1. The molecule has 1 unspecified atom stereocenters. The Labute approximate surface area is 208 Å². The lowest BCUT2D eigenvalue weighted by atomic mass is 10.0. The van der Waals surface area contributed by atoms with Gasteiger partial charge in [0.15, 0.2) is 11.5 Å². The summed E-state index contributed by atoms with van der Waals surface area (Å²) in [4.78, 5) is 12.2. The predicted molar refractivity (Wildman–Crippen MR) is 140 cm³/mol. The zero-order chi connectivity index (χ0) is 25.6. The lowest BCUT2D eigenvalue weighted by Crippen LogP contribution is -2.32. The molecule has 0 aliphatic heterocycles. The Kier molecular flexibility index (Phi) is 8.81. The smallest absolute Gasteiger partial charge is 0.250 e. The number of nitrogens with zero attached hydrogens (tertiary/aromatic N) is 1. The minimum atomic E-state index is -0.443. The number of nitrogens with two attached hydrogens (primary N) is 1. The second kappa shape index (κ2) is 11.6. The van der Waals surface area contributed by atoms with Crippen LogP contribution in [0.5, 0.6) is 11.5 Å². The van der Waals surface area contributed by atoms with Crippen molar-refractivity contribution < 1.29 is 19.4 Å². The van der Waals surface area contributed by atoms with Crippen molar-refractivity contribution in [2.75, 3.05) is 19.8 Å². The van der Waals surface area contributed by atoms with Gasteiger partial charge in [0.25, 0.3) is 5.91 Å². The van der Waals surface area contributed by atoms with Crippen LogP contribution in [0, 0.1) is 6.92 Å². The average Bonchev–Trinajstić information content (AvgIpc) is 3.17. The first kappa shape index (κ1) is 26.6. The molecule has 7 heteroatoms. The van der Waals surface area contributed by atoms with E-state index in [1.165, 1.54) is 0 Å². The Morgan fingerprint density at radius 3 is 2.63 bits per heavy atom. The third-order valence-corrected chi connectivity index (χ3v) is 5.65. The largest absolute Gasteiger partial charge is 0.488 e. The number of aliphatic hydroxyl groups is 1. The van der Waals surface area contributed by atoms with Crippen molar-refractivity contribution in [2.45, 2.75) is 65.6 Å². The molecule has 0 radical (unpaired) electrons. The van der Waals surface area contributed by atoms with Gasteiger partial charge in [-0.3, -0.25) is 4.79 Å². The SMILES string of the molecule is Cc1ccc(OCCNC(C)Cc2cc(C(N)=O)c3c(ccn3CCCO)c2)c(OC(C)(C)C)c1. The third-order valence-electron chi connectivity index (χ3n) is 5.65. The summed E-state index contributed by atoms with van der Waals surface area (Å²) in [5.74, 6) is 1.05. The van der Waals surface area contributed by atoms with Crippen molar-refractivity contribution in [1.82, 2.24) is 9.88 Å². The van der Waals surface area contributed by atoms with Gasteiger partial charge in [-0.05, 0) is 88.9 Å². The maximum Gasteiger partial charge on any atom is 0.250 e. The molecule has 0 fully saturated rings. The van der Waals surface area contributed by atoms with E-state index >= 15 is 0 Å². The molecule has 1 aromatic heterocycles. The molecular formula is C28H39N3O4. The van der Waals surface area contributed by atoms with Crippen LogP contribution < -0.4 is 20.5 Å². The summed E-state index contributed by atoms with van der Waals surface area (Å²) in [7, 11) is 0. The van der Waals surface area contributed by atoms with Gasteiger partial charge in [-0.1, -0.05) is 6.07 Å². The number of aryl methyl sites for hydroxylation is 2. The zero-order valence-electron chi connectivity index (χ0n) is 21.6. The molecule has 0 aliphatic carbocycles. The summed E-state index contributed by atoms with van der Waals surface area (Å²) >= 11 is 0. The summed E-state index contributed by atoms with van der Waals surface area (Å²) < 4.78 is 14.1. The summed E-state index contributed by atoms with van der Waals surface area (Å²) in [6.45, 7) is 12.1. The molecule has 7 nitrogen and oxygen atoms in total. The lowest BCUT2D eigenvalue weighted by molar-refractivity contribution is 0.100. The first-order chi connectivity index (χ1) is 16.6. The number of benzene rings is 2. The van der Waals surface area contributed by atoms with Crippen LogP contribution in [0.3, 0.4) is 0 Å². The van der Waals surface area contributed by atoms with Crippen LogP contribution in [0.25, 0.3) is 10.9 Å². The summed E-state index contributed by atoms with van der Waals surface area (Å²) in [6.07, 6.45) is 3.32. The van der Waals surface area contributed by atoms with E-state index in [9.17, 15) is 4.79 Å². The molecular weight excluding hydrogens is 442 g/mol. The van der Waals surface area contributed by atoms with Crippen molar-refractivity contribution in [3.05, 3.63) is 59.3 Å². The monoisotopic (exact) mass is 481 g/mol. The van der Waals surface area contributed by atoms with Gasteiger partial charge in [0.2, 0.25) is 0 Å². The normalized spacial score (nSPS) is 12.6. The molecule has 1 amide bonds. The van der Waals surface area contributed by atoms with Crippen LogP contribution in [-0.2, 0) is 13.0 Å². The van der Waals surface area contributed by atoms with Crippen LogP contribution >= 0.6 is 0 Å². The molecule has 3 aromatic rings. The Morgan fingerprint density at radius 2 is 1.94 bits per heavy atom. The van der Waals surface area contributed by atoms with Crippen LogP contribution in [0.4, 0.5) is 0 Å². The highest BCUT2D eigenvalue weighted by molar-refractivity contribution is 6.05. The number of hydrogen-bond donors (Lipinski definition) is 3. The molecule has 0 saturated carbocycles. The molecule has 0 saturated heterocycles. The van der Waals surface area contributed by atoms with Crippen molar-refractivity contribution >= 4 is 16.8 Å². The number of nitrogens with one attached hydrogen (secondary N) is 1. The Balaban J connectivity index is 1.60. The molecule has 1 heterocycles. The molecule has 0 spiro atoms. The third kappa shape index (κ3) is 7.47. The van der Waals surface area contributed by atoms with Gasteiger partial charge in [-0.15, -0.1) is 0 Å². The summed E-state index contributed by atoms with van der Waals surface area (Å²) in [5, 5.41) is 13.6. The van der Waals surface area contributed by atoms with Gasteiger partial charge >= 0.3 is 0 Å². The van der Waals surface area contributed by atoms with Crippen molar-refractivity contribution in [2.24, 2.45) is 5.73 Å². The molecule has 3 rings (SSSR count). The molecule has 190 valence electrons. The number of ether oxygens (including phenoxy) is 2. The summed E-state index contributed by atoms with van der Waals surface area (Å²) in [5.41, 5.74) is 8.92. The lowest BCUT2D eigenvalue weighted by Gasteiger charge is -2.23. The highest BCUT2D eigenvalue weighted by Crippen LogP contribution is 2.31. The fourth-order valence-corrected chi connectivity index (χ4v) is 4.18. The number of amides is 1. The molecule has 1 atom stereocenters. The summed E-state index contributed by atoms with van der Waals surface area (Å²) in [6, 6.07) is 12.1. The number of aromatic nitrogens is 1. The quantitative estimate of drug-likeness (QED) is 0.337. The Morgan fingerprint density at radius 1 is 1.17 bits per heavy atom. The number of primary amides is 1. The van der Waals surface area contributed by atoms with E-state index in [0.29, 0.717) is 31.7 Å². The Bertz CT molecular complexity index is 1150. The van der Waals surface area contributed by atoms with Crippen LogP contribution in [-0.4, -0.2) is 47.0 Å². The second-order valence-electron chi connectivity index (χ2n) is 10.1. The van der Waals surface area contributed by atoms with Gasteiger partial charge in [-0.2, -0.15) is 0 Å². The maximum atomic E-state index is 12.2. The van der Waals surface area contributed by atoms with Crippen molar-refractivity contribution in [3.63, 3.8) is 0 Å². The molecule has 0 aliphatic rings. The van der Waals surface area contributed by atoms with E-state index in [0.717, 1.165) is 39.9 Å². The van der Waals surface area contributed by atoms with E-state index < -0.39 is 5.91 Å². The zero-order valence-corrected chi connectivity index (χ0v) is 21.6. The fraction of sp³-hybridized carbons (Fsp3) is 0.464. The standard InChI is InChI=1S/C28H39N3O4/c1-19-7-8-24(25(15-19)35-28(3,4)5)34-14-10-30-20(2)16-21-17-22-9-12-31(11-6-13-32)26(22)23(18-21)27(29)33/h7-9,12,15,17-18,20,30,32H,6,10-11,13-14,16H2,1-5H3,(H2,29,33). The topological polar surface area (TPSA) is 98.7 Å². The van der Waals surface area contributed by atoms with E-state index in [-0.39, 0.29) is 18.2 Å². The first-order valence-electron chi connectivity index (χ1n) is 12.3. The maximum absolute atomic E-state index is 12.2. The van der Waals surface area contributed by atoms with Gasteiger partial charge < -0.3 is 30.2 Å². The number of carbonyl (C=O) groups excluding carboxylic acids is 1. The van der Waals surface area contributed by atoms with E-state index in [2.05, 4.69) is 18.3 Å². The van der Waals surface area contributed by atoms with Crippen LogP contribution in [0.2, 0.25) is 0 Å². The molecule has 0 bridgehead atoms. The van der Waals surface area contributed by atoms with Crippen molar-refractivity contribution in [1.29, 1.82) is 0 Å². The van der Waals surface area contributed by atoms with Gasteiger partial charge in [-0.25, -0.2) is 0 Å². The van der Waals surface area contributed by atoms with Gasteiger partial charge in [0.05, 0.1) is 11.1 Å². The number of hydrogen-bond acceptors (Lipinski definition) is 5. The highest BCUT2D eigenvalue weighted by Gasteiger charge is 2.17. The minimum absolute atomic E-state index is 0.103. The minimum Gasteiger partial charge on any atom is -0.488 e. The van der Waals surface area contributed by atoms with E-state index in [4.69, 9.17) is 20.3 Å². The first-order valence-corrected chi connectivity index (χ1v) is 12.3. The van der Waals surface area contributed by atoms with Crippen LogP contribution in [0.15, 0.2) is 42.6 Å². The predicted octanol–water partition coefficient (Wildman–Crippen LogP) is 4.21. The Hall–Kier alpha value is -3.03. The van der Waals surface area contributed by atoms with Crippen molar-refractivity contribution in [3.8, 4) is 11.5 Å². The second-order valence-corrected chi connectivity index (χ2v) is 10.1. The van der Waals surface area contributed by atoms with Gasteiger partial charge in [0.1, 0.15) is 12.2 Å². The molecule has 2 aromatic carbocycles. The van der Waals surface area contributed by atoms with E-state index in [1.54, 1.807) is 0 Å². The number of rotatable bonds is 12. The fourth-order valence-electron chi connectivity index (χ4n) is 4.18. The van der Waals surface area contributed by atoms with E-state index in [1.807, 2.05) is 68.8 Å². The highest BCUT2D eigenvalue weighted by atomic mass is 16.5. The number of carbonyl (C=O) groups is 1. The molecule has 4 N–H and O–H groups in total.